The molecule has 7 heteroatoms. The van der Waals surface area contributed by atoms with Crippen LogP contribution < -0.4 is 15.7 Å². The van der Waals surface area contributed by atoms with Crippen LogP contribution in [0.1, 0.15) is 5.56 Å². The fourth-order valence-electron chi connectivity index (χ4n) is 2.50. The van der Waals surface area contributed by atoms with Crippen molar-refractivity contribution in [2.24, 2.45) is 0 Å². The van der Waals surface area contributed by atoms with Crippen LogP contribution in [0.3, 0.4) is 0 Å². The Labute approximate surface area is 160 Å². The van der Waals surface area contributed by atoms with Gasteiger partial charge in [0.15, 0.2) is 13.2 Å². The molecule has 0 atom stereocenters. The van der Waals surface area contributed by atoms with Gasteiger partial charge >= 0.3 is 11.6 Å². The maximum atomic E-state index is 11.7. The number of carbonyl (C=O) groups excluding carboxylic acids is 2. The van der Waals surface area contributed by atoms with Crippen LogP contribution in [0.15, 0.2) is 69.9 Å². The lowest BCUT2D eigenvalue weighted by Gasteiger charge is -2.08. The van der Waals surface area contributed by atoms with Gasteiger partial charge in [0.2, 0.25) is 0 Å². The van der Waals surface area contributed by atoms with E-state index in [4.69, 9.17) is 13.9 Å². The molecule has 0 fully saturated rings. The number of hydrogen-bond acceptors (Lipinski definition) is 6. The largest absolute Gasteiger partial charge is 0.482 e. The van der Waals surface area contributed by atoms with E-state index in [9.17, 15) is 14.4 Å². The summed E-state index contributed by atoms with van der Waals surface area (Å²) in [5.74, 6) is -0.698. The lowest BCUT2D eigenvalue weighted by molar-refractivity contribution is -0.150. The number of amides is 1. The van der Waals surface area contributed by atoms with Crippen LogP contribution in [0.2, 0.25) is 0 Å². The molecule has 0 unspecified atom stereocenters. The number of hydrogen-bond donors (Lipinski definition) is 1. The Kier molecular flexibility index (Phi) is 6.41. The van der Waals surface area contributed by atoms with Gasteiger partial charge in [-0.1, -0.05) is 30.3 Å². The second kappa shape index (κ2) is 9.36. The molecule has 0 saturated heterocycles. The van der Waals surface area contributed by atoms with Crippen molar-refractivity contribution in [1.29, 1.82) is 0 Å². The molecule has 3 aromatic rings. The number of carbonyl (C=O) groups is 2. The molecule has 0 spiro atoms. The van der Waals surface area contributed by atoms with Crippen LogP contribution in [0.5, 0.6) is 5.75 Å². The minimum Gasteiger partial charge on any atom is -0.482 e. The number of nitrogens with one attached hydrogen (secondary N) is 1. The Balaban J connectivity index is 1.38. The van der Waals surface area contributed by atoms with Gasteiger partial charge in [0.05, 0.1) is 0 Å². The quantitative estimate of drug-likeness (QED) is 0.474. The highest BCUT2D eigenvalue weighted by Crippen LogP contribution is 2.19. The molecule has 144 valence electrons. The second-order valence-corrected chi connectivity index (χ2v) is 5.99. The normalized spacial score (nSPS) is 10.4. The Morgan fingerprint density at radius 3 is 2.57 bits per heavy atom. The second-order valence-electron chi connectivity index (χ2n) is 5.99. The molecule has 0 aliphatic heterocycles. The van der Waals surface area contributed by atoms with E-state index in [1.165, 1.54) is 12.1 Å². The van der Waals surface area contributed by atoms with Crippen LogP contribution >= 0.6 is 0 Å². The van der Waals surface area contributed by atoms with Crippen LogP contribution in [0.4, 0.5) is 0 Å². The maximum Gasteiger partial charge on any atom is 0.344 e. The van der Waals surface area contributed by atoms with E-state index in [1.807, 2.05) is 30.3 Å². The average Bonchev–Trinajstić information content (AvgIpc) is 2.71. The third-order valence-electron chi connectivity index (χ3n) is 3.89. The molecule has 1 N–H and O–H groups in total. The predicted octanol–water partition coefficient (Wildman–Crippen LogP) is 2.07. The first-order chi connectivity index (χ1) is 13.6. The number of rotatable bonds is 8. The first kappa shape index (κ1) is 19.2. The standard InChI is InChI=1S/C21H19NO6/c23-19(22-11-10-15-4-2-1-3-5-15)13-27-21(25)14-26-17-8-6-16-7-9-20(24)28-18(16)12-17/h1-9,12H,10-11,13-14H2,(H,22,23). The first-order valence-corrected chi connectivity index (χ1v) is 8.73. The zero-order chi connectivity index (χ0) is 19.8. The number of ether oxygens (including phenoxy) is 2. The smallest absolute Gasteiger partial charge is 0.344 e. The Bertz CT molecular complexity index is 1010. The van der Waals surface area contributed by atoms with Crippen molar-refractivity contribution in [2.45, 2.75) is 6.42 Å². The fraction of sp³-hybridized carbons (Fsp3) is 0.190. The van der Waals surface area contributed by atoms with Crippen LogP contribution in [-0.4, -0.2) is 31.6 Å². The van der Waals surface area contributed by atoms with E-state index >= 15 is 0 Å². The molecule has 1 aromatic heterocycles. The first-order valence-electron chi connectivity index (χ1n) is 8.73. The van der Waals surface area contributed by atoms with E-state index in [-0.39, 0.29) is 19.1 Å². The van der Waals surface area contributed by atoms with Gasteiger partial charge in [-0.25, -0.2) is 9.59 Å². The highest BCUT2D eigenvalue weighted by atomic mass is 16.6. The van der Waals surface area contributed by atoms with E-state index in [0.717, 1.165) is 10.9 Å². The molecule has 0 aliphatic rings. The highest BCUT2D eigenvalue weighted by molar-refractivity contribution is 5.81. The minimum absolute atomic E-state index is 0.353. The molecule has 3 rings (SSSR count). The van der Waals surface area contributed by atoms with Crippen molar-refractivity contribution < 1.29 is 23.5 Å². The number of benzene rings is 2. The van der Waals surface area contributed by atoms with Crippen molar-refractivity contribution >= 4 is 22.8 Å². The summed E-state index contributed by atoms with van der Waals surface area (Å²) < 4.78 is 15.3. The molecular formula is C21H19NO6. The lowest BCUT2D eigenvalue weighted by Crippen LogP contribution is -2.31. The topological polar surface area (TPSA) is 94.8 Å². The van der Waals surface area contributed by atoms with Crippen LogP contribution in [-0.2, 0) is 20.7 Å². The molecule has 28 heavy (non-hydrogen) atoms. The summed E-state index contributed by atoms with van der Waals surface area (Å²) >= 11 is 0. The fourth-order valence-corrected chi connectivity index (χ4v) is 2.50. The van der Waals surface area contributed by atoms with Crippen molar-refractivity contribution in [1.82, 2.24) is 5.32 Å². The summed E-state index contributed by atoms with van der Waals surface area (Å²) in [4.78, 5) is 34.7. The molecule has 0 bridgehead atoms. The van der Waals surface area contributed by atoms with Gasteiger partial charge in [0.25, 0.3) is 5.91 Å². The summed E-state index contributed by atoms with van der Waals surface area (Å²) in [6.45, 7) is -0.275. The summed E-state index contributed by atoms with van der Waals surface area (Å²) in [6.07, 6.45) is 0.696. The Morgan fingerprint density at radius 1 is 0.964 bits per heavy atom. The number of fused-ring (bicyclic) bond motifs is 1. The van der Waals surface area contributed by atoms with Gasteiger partial charge < -0.3 is 19.2 Å². The van der Waals surface area contributed by atoms with Gasteiger partial charge in [-0.05, 0) is 30.2 Å². The molecule has 2 aromatic carbocycles. The van der Waals surface area contributed by atoms with Crippen LogP contribution in [0, 0.1) is 0 Å². The summed E-state index contributed by atoms with van der Waals surface area (Å²) in [7, 11) is 0. The number of esters is 1. The van der Waals surface area contributed by atoms with E-state index in [2.05, 4.69) is 5.32 Å². The zero-order valence-corrected chi connectivity index (χ0v) is 15.1. The van der Waals surface area contributed by atoms with Crippen molar-refractivity contribution in [3.8, 4) is 5.75 Å². The maximum absolute atomic E-state index is 11.7. The molecule has 1 amide bonds. The van der Waals surface area contributed by atoms with E-state index in [1.54, 1.807) is 18.2 Å². The zero-order valence-electron chi connectivity index (χ0n) is 15.1. The molecule has 0 radical (unpaired) electrons. The van der Waals surface area contributed by atoms with Crippen molar-refractivity contribution in [3.05, 3.63) is 76.6 Å². The third kappa shape index (κ3) is 5.70. The Hall–Kier alpha value is -3.61. The Morgan fingerprint density at radius 2 is 1.75 bits per heavy atom. The van der Waals surface area contributed by atoms with Crippen molar-refractivity contribution in [3.63, 3.8) is 0 Å². The molecule has 7 nitrogen and oxygen atoms in total. The van der Waals surface area contributed by atoms with E-state index < -0.39 is 11.6 Å². The van der Waals surface area contributed by atoms with Gasteiger partial charge in [-0.3, -0.25) is 4.79 Å². The van der Waals surface area contributed by atoms with Crippen molar-refractivity contribution in [2.75, 3.05) is 19.8 Å². The minimum atomic E-state index is -0.673. The monoisotopic (exact) mass is 381 g/mol. The van der Waals surface area contributed by atoms with Gasteiger partial charge in [0.1, 0.15) is 11.3 Å². The SMILES string of the molecule is O=C(COC(=O)COc1ccc2ccc(=O)oc2c1)NCCc1ccccc1. The average molecular weight is 381 g/mol. The summed E-state index contributed by atoms with van der Waals surface area (Å²) in [5, 5.41) is 3.42. The molecule has 0 aliphatic carbocycles. The third-order valence-corrected chi connectivity index (χ3v) is 3.89. The summed E-state index contributed by atoms with van der Waals surface area (Å²) in [5.41, 5.74) is 0.998. The lowest BCUT2D eigenvalue weighted by atomic mass is 10.1. The predicted molar refractivity (Wildman–Crippen MR) is 102 cm³/mol. The van der Waals surface area contributed by atoms with Gasteiger partial charge in [0, 0.05) is 24.1 Å². The van der Waals surface area contributed by atoms with Crippen LogP contribution in [0.25, 0.3) is 11.0 Å². The molecule has 0 saturated carbocycles. The summed E-state index contributed by atoms with van der Waals surface area (Å²) in [6, 6.07) is 17.6. The molecular weight excluding hydrogens is 362 g/mol. The molecule has 1 heterocycles. The van der Waals surface area contributed by atoms with Gasteiger partial charge in [-0.2, -0.15) is 0 Å². The van der Waals surface area contributed by atoms with Gasteiger partial charge in [-0.15, -0.1) is 0 Å². The highest BCUT2D eigenvalue weighted by Gasteiger charge is 2.09. The van der Waals surface area contributed by atoms with E-state index in [0.29, 0.717) is 24.3 Å².